The first-order valence-electron chi connectivity index (χ1n) is 9.89. The molecule has 0 radical (unpaired) electrons. The second-order valence-electron chi connectivity index (χ2n) is 6.59. The smallest absolute Gasteiger partial charge is 0.331 e. The van der Waals surface area contributed by atoms with Crippen molar-refractivity contribution in [2.24, 2.45) is 0 Å². The molecule has 0 saturated carbocycles. The Morgan fingerprint density at radius 2 is 1.60 bits per heavy atom. The van der Waals surface area contributed by atoms with E-state index >= 15 is 0 Å². The lowest BCUT2D eigenvalue weighted by molar-refractivity contribution is -0.144. The number of hydrogen-bond acceptors (Lipinski definition) is 5. The highest BCUT2D eigenvalue weighted by Gasteiger charge is 2.11. The van der Waals surface area contributed by atoms with E-state index in [1.807, 2.05) is 43.3 Å². The Labute approximate surface area is 177 Å². The third kappa shape index (κ3) is 8.57. The summed E-state index contributed by atoms with van der Waals surface area (Å²) in [5.41, 5.74) is 2.31. The molecular formula is C25H25NO4. The molecule has 154 valence electrons. The van der Waals surface area contributed by atoms with Gasteiger partial charge in [0.15, 0.2) is 0 Å². The molecule has 1 unspecified atom stereocenters. The number of hydrogen-bond donors (Lipinski definition) is 0. The van der Waals surface area contributed by atoms with E-state index in [0.29, 0.717) is 24.8 Å². The van der Waals surface area contributed by atoms with Crippen molar-refractivity contribution in [2.75, 3.05) is 6.61 Å². The van der Waals surface area contributed by atoms with Crippen molar-refractivity contribution >= 4 is 24.1 Å². The summed E-state index contributed by atoms with van der Waals surface area (Å²) in [4.78, 5) is 23.8. The minimum absolute atomic E-state index is 0.217. The van der Waals surface area contributed by atoms with Crippen LogP contribution in [0.15, 0.2) is 66.7 Å². The van der Waals surface area contributed by atoms with Crippen LogP contribution >= 0.6 is 0 Å². The van der Waals surface area contributed by atoms with Crippen LogP contribution in [-0.2, 0) is 19.1 Å². The maximum Gasteiger partial charge on any atom is 0.331 e. The molecule has 0 N–H and O–H groups in total. The van der Waals surface area contributed by atoms with E-state index in [9.17, 15) is 9.59 Å². The third-order valence-electron chi connectivity index (χ3n) is 4.32. The number of benzene rings is 2. The van der Waals surface area contributed by atoms with E-state index in [4.69, 9.17) is 14.7 Å². The predicted molar refractivity (Wildman–Crippen MR) is 116 cm³/mol. The molecule has 1 atom stereocenters. The van der Waals surface area contributed by atoms with Gasteiger partial charge in [0.2, 0.25) is 0 Å². The van der Waals surface area contributed by atoms with Crippen LogP contribution in [0.4, 0.5) is 0 Å². The highest BCUT2D eigenvalue weighted by Crippen LogP contribution is 2.10. The van der Waals surface area contributed by atoms with Crippen LogP contribution in [0.2, 0.25) is 0 Å². The van der Waals surface area contributed by atoms with Gasteiger partial charge in [-0.05, 0) is 54.7 Å². The van der Waals surface area contributed by atoms with Crippen molar-refractivity contribution < 1.29 is 19.1 Å². The summed E-state index contributed by atoms with van der Waals surface area (Å²) in [6.07, 6.45) is 7.83. The highest BCUT2D eigenvalue weighted by molar-refractivity contribution is 5.87. The number of carbonyl (C=O) groups excluding carboxylic acids is 2. The maximum atomic E-state index is 12.0. The lowest BCUT2D eigenvalue weighted by atomic mass is 10.1. The van der Waals surface area contributed by atoms with Gasteiger partial charge in [0.05, 0.1) is 18.2 Å². The summed E-state index contributed by atoms with van der Waals surface area (Å²) >= 11 is 0. The highest BCUT2D eigenvalue weighted by atomic mass is 16.5. The summed E-state index contributed by atoms with van der Waals surface area (Å²) in [6.45, 7) is 2.20. The molecule has 5 heteroatoms. The summed E-state index contributed by atoms with van der Waals surface area (Å²) < 4.78 is 10.6. The minimum atomic E-state index is -0.435. The molecule has 0 aromatic heterocycles. The normalized spacial score (nSPS) is 11.9. The topological polar surface area (TPSA) is 76.4 Å². The molecule has 0 aliphatic rings. The Balaban J connectivity index is 1.67. The van der Waals surface area contributed by atoms with Gasteiger partial charge in [-0.15, -0.1) is 0 Å². The SMILES string of the molecule is CCC(CCCOC(=O)/C=C/c1ccc(C#N)cc1)OC(=O)C=Cc1ccccc1. The molecule has 30 heavy (non-hydrogen) atoms. The fourth-order valence-electron chi connectivity index (χ4n) is 2.64. The number of carbonyl (C=O) groups is 2. The molecular weight excluding hydrogens is 378 g/mol. The number of nitrogens with zero attached hydrogens (tertiary/aromatic N) is 1. The van der Waals surface area contributed by atoms with Gasteiger partial charge in [0.25, 0.3) is 0 Å². The Morgan fingerprint density at radius 1 is 0.967 bits per heavy atom. The van der Waals surface area contributed by atoms with E-state index < -0.39 is 5.97 Å². The van der Waals surface area contributed by atoms with Crippen molar-refractivity contribution in [3.05, 3.63) is 83.4 Å². The molecule has 0 heterocycles. The second-order valence-corrected chi connectivity index (χ2v) is 6.59. The third-order valence-corrected chi connectivity index (χ3v) is 4.32. The lowest BCUT2D eigenvalue weighted by Crippen LogP contribution is -2.17. The van der Waals surface area contributed by atoms with Gasteiger partial charge in [0.1, 0.15) is 6.10 Å². The first-order valence-corrected chi connectivity index (χ1v) is 9.89. The summed E-state index contributed by atoms with van der Waals surface area (Å²) in [5.74, 6) is -0.816. The molecule has 0 amide bonds. The van der Waals surface area contributed by atoms with Crippen LogP contribution in [0.25, 0.3) is 12.2 Å². The largest absolute Gasteiger partial charge is 0.463 e. The standard InChI is InChI=1S/C25H25NO4/c1-2-23(30-25(28)17-15-20-7-4-3-5-8-20)9-6-18-29-24(27)16-14-21-10-12-22(19-26)13-11-21/h3-5,7-8,10-17,23H,2,6,9,18H2,1H3/b16-14+,17-15?. The number of rotatable bonds is 10. The van der Waals surface area contributed by atoms with Crippen LogP contribution in [0.1, 0.15) is 42.9 Å². The average Bonchev–Trinajstić information content (AvgIpc) is 2.79. The Bertz CT molecular complexity index is 908. The van der Waals surface area contributed by atoms with Crippen LogP contribution in [-0.4, -0.2) is 24.6 Å². The van der Waals surface area contributed by atoms with Gasteiger partial charge in [0, 0.05) is 12.2 Å². The molecule has 2 rings (SSSR count). The van der Waals surface area contributed by atoms with Crippen molar-refractivity contribution in [1.29, 1.82) is 5.26 Å². The molecule has 5 nitrogen and oxygen atoms in total. The molecule has 0 aliphatic carbocycles. The molecule has 0 fully saturated rings. The second kappa shape index (κ2) is 12.7. The zero-order chi connectivity index (χ0) is 21.6. The van der Waals surface area contributed by atoms with Gasteiger partial charge in [-0.1, -0.05) is 49.4 Å². The first-order chi connectivity index (χ1) is 14.6. The van der Waals surface area contributed by atoms with Crippen molar-refractivity contribution in [1.82, 2.24) is 0 Å². The molecule has 0 bridgehead atoms. The Hall–Kier alpha value is -3.65. The van der Waals surface area contributed by atoms with Gasteiger partial charge in [-0.3, -0.25) is 0 Å². The average molecular weight is 403 g/mol. The predicted octanol–water partition coefficient (Wildman–Crippen LogP) is 4.93. The van der Waals surface area contributed by atoms with Crippen LogP contribution in [0.3, 0.4) is 0 Å². The fraction of sp³-hybridized carbons (Fsp3) is 0.240. The molecule has 0 saturated heterocycles. The summed E-state index contributed by atoms with van der Waals surface area (Å²) in [5, 5.41) is 8.77. The minimum Gasteiger partial charge on any atom is -0.463 e. The number of nitriles is 1. The van der Waals surface area contributed by atoms with Crippen molar-refractivity contribution in [3.63, 3.8) is 0 Å². The van der Waals surface area contributed by atoms with E-state index in [0.717, 1.165) is 11.1 Å². The van der Waals surface area contributed by atoms with Gasteiger partial charge in [-0.25, -0.2) is 9.59 Å². The van der Waals surface area contributed by atoms with Crippen molar-refractivity contribution in [3.8, 4) is 6.07 Å². The van der Waals surface area contributed by atoms with Crippen molar-refractivity contribution in [2.45, 2.75) is 32.3 Å². The zero-order valence-corrected chi connectivity index (χ0v) is 17.0. The molecule has 2 aromatic carbocycles. The molecule has 2 aromatic rings. The lowest BCUT2D eigenvalue weighted by Gasteiger charge is -2.14. The number of esters is 2. The fourth-order valence-corrected chi connectivity index (χ4v) is 2.64. The van der Waals surface area contributed by atoms with E-state index in [2.05, 4.69) is 0 Å². The number of ether oxygens (including phenoxy) is 2. The molecule has 0 spiro atoms. The van der Waals surface area contributed by atoms with E-state index in [-0.39, 0.29) is 18.7 Å². The first kappa shape index (κ1) is 22.6. The van der Waals surface area contributed by atoms with Crippen LogP contribution < -0.4 is 0 Å². The Kier molecular flexibility index (Phi) is 9.61. The quantitative estimate of drug-likeness (QED) is 0.319. The molecule has 0 aliphatic heterocycles. The monoisotopic (exact) mass is 403 g/mol. The zero-order valence-electron chi connectivity index (χ0n) is 17.0. The maximum absolute atomic E-state index is 12.0. The Morgan fingerprint density at radius 3 is 2.23 bits per heavy atom. The van der Waals surface area contributed by atoms with Gasteiger partial charge >= 0.3 is 11.9 Å². The van der Waals surface area contributed by atoms with Gasteiger partial charge < -0.3 is 9.47 Å². The van der Waals surface area contributed by atoms with Gasteiger partial charge in [-0.2, -0.15) is 5.26 Å². The van der Waals surface area contributed by atoms with Crippen LogP contribution in [0.5, 0.6) is 0 Å². The van der Waals surface area contributed by atoms with E-state index in [1.54, 1.807) is 36.4 Å². The summed E-state index contributed by atoms with van der Waals surface area (Å²) in [7, 11) is 0. The van der Waals surface area contributed by atoms with Crippen LogP contribution in [0, 0.1) is 11.3 Å². The summed E-state index contributed by atoms with van der Waals surface area (Å²) in [6, 6.07) is 18.5. The van der Waals surface area contributed by atoms with E-state index in [1.165, 1.54) is 12.2 Å².